The van der Waals surface area contributed by atoms with E-state index in [0.29, 0.717) is 18.4 Å². The van der Waals surface area contributed by atoms with Crippen LogP contribution < -0.4 is 0 Å². The first-order valence-corrected chi connectivity index (χ1v) is 10.3. The lowest BCUT2D eigenvalue weighted by molar-refractivity contribution is -0.197. The predicted molar refractivity (Wildman–Crippen MR) is 99.8 cm³/mol. The zero-order valence-electron chi connectivity index (χ0n) is 17.2. The van der Waals surface area contributed by atoms with Crippen LogP contribution in [0.5, 0.6) is 0 Å². The van der Waals surface area contributed by atoms with Gasteiger partial charge in [0, 0.05) is 18.4 Å². The molecule has 2 aliphatic carbocycles. The maximum Gasteiger partial charge on any atom is 0.331 e. The average molecular weight is 376 g/mol. The van der Waals surface area contributed by atoms with Gasteiger partial charge in [0.2, 0.25) is 0 Å². The molecule has 2 heterocycles. The molecule has 0 spiro atoms. The Morgan fingerprint density at radius 1 is 1.30 bits per heavy atom. The molecule has 4 rings (SSSR count). The Balaban J connectivity index is 1.64. The molecule has 4 aliphatic rings. The van der Waals surface area contributed by atoms with Gasteiger partial charge in [0.05, 0.1) is 6.10 Å². The molecule has 7 atom stereocenters. The molecular weight excluding hydrogens is 344 g/mol. The van der Waals surface area contributed by atoms with Crippen molar-refractivity contribution in [2.75, 3.05) is 6.61 Å². The van der Waals surface area contributed by atoms with E-state index in [-0.39, 0.29) is 40.6 Å². The van der Waals surface area contributed by atoms with Gasteiger partial charge in [-0.2, -0.15) is 0 Å². The summed E-state index contributed by atoms with van der Waals surface area (Å²) >= 11 is 0. The van der Waals surface area contributed by atoms with Crippen LogP contribution in [0.4, 0.5) is 0 Å². The van der Waals surface area contributed by atoms with Crippen molar-refractivity contribution >= 4 is 11.9 Å². The lowest BCUT2D eigenvalue weighted by Gasteiger charge is -2.61. The van der Waals surface area contributed by atoms with Crippen molar-refractivity contribution in [3.63, 3.8) is 0 Å². The highest BCUT2D eigenvalue weighted by atomic mass is 16.6. The predicted octanol–water partition coefficient (Wildman–Crippen LogP) is 3.80. The second-order valence-electron chi connectivity index (χ2n) is 9.78. The summed E-state index contributed by atoms with van der Waals surface area (Å²) < 4.78 is 17.2. The van der Waals surface area contributed by atoms with Crippen molar-refractivity contribution in [1.82, 2.24) is 0 Å². The average Bonchev–Trinajstić information content (AvgIpc) is 3.11. The van der Waals surface area contributed by atoms with E-state index in [0.717, 1.165) is 37.7 Å². The summed E-state index contributed by atoms with van der Waals surface area (Å²) in [5.41, 5.74) is 0.819. The van der Waals surface area contributed by atoms with Crippen LogP contribution in [-0.2, 0) is 23.8 Å². The van der Waals surface area contributed by atoms with Gasteiger partial charge in [0.25, 0.3) is 0 Å². The number of cyclic esters (lactones) is 1. The normalized spacial score (nSPS) is 48.2. The van der Waals surface area contributed by atoms with Crippen LogP contribution in [0.3, 0.4) is 0 Å². The number of esters is 2. The molecule has 0 aromatic carbocycles. The summed E-state index contributed by atoms with van der Waals surface area (Å²) in [5, 5.41) is 0. The molecule has 1 saturated heterocycles. The van der Waals surface area contributed by atoms with Crippen molar-refractivity contribution in [1.29, 1.82) is 0 Å². The first-order chi connectivity index (χ1) is 12.6. The molecule has 2 aliphatic heterocycles. The van der Waals surface area contributed by atoms with E-state index >= 15 is 0 Å². The Hall–Kier alpha value is -1.36. The highest BCUT2D eigenvalue weighted by molar-refractivity contribution is 5.85. The topological polar surface area (TPSA) is 65.1 Å². The maximum absolute atomic E-state index is 11.8. The second-order valence-corrected chi connectivity index (χ2v) is 9.78. The van der Waals surface area contributed by atoms with E-state index in [1.165, 1.54) is 6.92 Å². The first kappa shape index (κ1) is 19.0. The molecular formula is C22H32O5. The molecule has 27 heavy (non-hydrogen) atoms. The maximum atomic E-state index is 11.8. The molecule has 2 saturated carbocycles. The molecule has 150 valence electrons. The molecule has 0 radical (unpaired) electrons. The second kappa shape index (κ2) is 6.07. The molecule has 0 aromatic rings. The van der Waals surface area contributed by atoms with Gasteiger partial charge in [0.1, 0.15) is 18.3 Å². The molecule has 0 bridgehead atoms. The summed E-state index contributed by atoms with van der Waals surface area (Å²) in [4.78, 5) is 23.2. The van der Waals surface area contributed by atoms with E-state index in [1.54, 1.807) is 6.08 Å². The standard InChI is InChI=1S/C22H32O5/c1-13-10-18(26-14(2)23)21(4)16(6-7-17-22(21,5)27-17)20(13,3)9-8-15-11-19(24)25-12-15/h11,13,16-18H,6-10,12H2,1-5H3. The molecule has 0 aromatic heterocycles. The van der Waals surface area contributed by atoms with Crippen molar-refractivity contribution in [2.45, 2.75) is 84.5 Å². The number of fused-ring (bicyclic) bond motifs is 3. The van der Waals surface area contributed by atoms with Gasteiger partial charge >= 0.3 is 11.9 Å². The number of rotatable bonds is 4. The lowest BCUT2D eigenvalue weighted by Crippen LogP contribution is -2.63. The van der Waals surface area contributed by atoms with Crippen molar-refractivity contribution < 1.29 is 23.8 Å². The largest absolute Gasteiger partial charge is 0.462 e. The Labute approximate surface area is 161 Å². The molecule has 0 N–H and O–H groups in total. The Bertz CT molecular complexity index is 699. The summed E-state index contributed by atoms with van der Waals surface area (Å²) in [6.07, 6.45) is 6.79. The molecule has 7 unspecified atom stereocenters. The van der Waals surface area contributed by atoms with Gasteiger partial charge in [-0.25, -0.2) is 4.79 Å². The number of hydrogen-bond acceptors (Lipinski definition) is 5. The van der Waals surface area contributed by atoms with Gasteiger partial charge in [0.15, 0.2) is 0 Å². The fraction of sp³-hybridized carbons (Fsp3) is 0.818. The summed E-state index contributed by atoms with van der Waals surface area (Å²) in [5.74, 6) is 0.429. The fourth-order valence-corrected chi connectivity index (χ4v) is 6.55. The highest BCUT2D eigenvalue weighted by Crippen LogP contribution is 2.70. The molecule has 3 fully saturated rings. The fourth-order valence-electron chi connectivity index (χ4n) is 6.55. The van der Waals surface area contributed by atoms with E-state index < -0.39 is 0 Å². The van der Waals surface area contributed by atoms with E-state index in [1.807, 2.05) is 0 Å². The lowest BCUT2D eigenvalue weighted by atomic mass is 9.43. The number of ether oxygens (including phenoxy) is 3. The molecule has 5 nitrogen and oxygen atoms in total. The van der Waals surface area contributed by atoms with Crippen molar-refractivity contribution in [3.8, 4) is 0 Å². The summed E-state index contributed by atoms with van der Waals surface area (Å²) in [7, 11) is 0. The van der Waals surface area contributed by atoms with Gasteiger partial charge in [-0.3, -0.25) is 4.79 Å². The van der Waals surface area contributed by atoms with Gasteiger partial charge < -0.3 is 14.2 Å². The van der Waals surface area contributed by atoms with Gasteiger partial charge in [-0.15, -0.1) is 0 Å². The number of epoxide rings is 1. The quantitative estimate of drug-likeness (QED) is 0.551. The molecule has 0 amide bonds. The Morgan fingerprint density at radius 3 is 2.67 bits per heavy atom. The van der Waals surface area contributed by atoms with Crippen molar-refractivity contribution in [3.05, 3.63) is 11.6 Å². The van der Waals surface area contributed by atoms with Crippen LogP contribution in [0, 0.1) is 22.7 Å². The summed E-state index contributed by atoms with van der Waals surface area (Å²) in [6, 6.07) is 0. The SMILES string of the molecule is CC(=O)OC1CC(C)C(C)(CCC2=CC(=O)OC2)C2CCC3OC3(C)C12C. The third-order valence-corrected chi connectivity index (χ3v) is 8.63. The highest BCUT2D eigenvalue weighted by Gasteiger charge is 2.75. The van der Waals surface area contributed by atoms with Crippen LogP contribution >= 0.6 is 0 Å². The zero-order chi connectivity index (χ0) is 19.6. The van der Waals surface area contributed by atoms with Crippen LogP contribution in [0.1, 0.15) is 66.7 Å². The van der Waals surface area contributed by atoms with Crippen LogP contribution in [0.15, 0.2) is 11.6 Å². The minimum absolute atomic E-state index is 0.103. The number of carbonyl (C=O) groups is 2. The summed E-state index contributed by atoms with van der Waals surface area (Å²) in [6.45, 7) is 11.1. The van der Waals surface area contributed by atoms with E-state index in [2.05, 4.69) is 27.7 Å². The van der Waals surface area contributed by atoms with Gasteiger partial charge in [-0.05, 0) is 61.9 Å². The van der Waals surface area contributed by atoms with Crippen LogP contribution in [0.2, 0.25) is 0 Å². The Kier molecular flexibility index (Phi) is 4.26. The minimum Gasteiger partial charge on any atom is -0.462 e. The third-order valence-electron chi connectivity index (χ3n) is 8.63. The monoisotopic (exact) mass is 376 g/mol. The number of carbonyl (C=O) groups excluding carboxylic acids is 2. The van der Waals surface area contributed by atoms with E-state index in [9.17, 15) is 9.59 Å². The number of hydrogen-bond donors (Lipinski definition) is 0. The zero-order valence-corrected chi connectivity index (χ0v) is 17.2. The van der Waals surface area contributed by atoms with Gasteiger partial charge in [-0.1, -0.05) is 20.8 Å². The van der Waals surface area contributed by atoms with Crippen LogP contribution in [-0.4, -0.2) is 36.4 Å². The van der Waals surface area contributed by atoms with E-state index in [4.69, 9.17) is 14.2 Å². The first-order valence-electron chi connectivity index (χ1n) is 10.3. The molecule has 5 heteroatoms. The smallest absolute Gasteiger partial charge is 0.331 e. The van der Waals surface area contributed by atoms with Crippen LogP contribution in [0.25, 0.3) is 0 Å². The minimum atomic E-state index is -0.217. The third kappa shape index (κ3) is 2.68. The Morgan fingerprint density at radius 2 is 2.04 bits per heavy atom. The van der Waals surface area contributed by atoms with Crippen molar-refractivity contribution in [2.24, 2.45) is 22.7 Å².